The first-order chi connectivity index (χ1) is 6.93. The lowest BCUT2D eigenvalue weighted by Gasteiger charge is -1.99. The van der Waals surface area contributed by atoms with E-state index in [0.29, 0.717) is 12.2 Å². The van der Waals surface area contributed by atoms with Gasteiger partial charge in [0.1, 0.15) is 0 Å². The van der Waals surface area contributed by atoms with Crippen LogP contribution in [0, 0.1) is 0 Å². The van der Waals surface area contributed by atoms with Crippen LogP contribution in [0.1, 0.15) is 6.42 Å². The highest BCUT2D eigenvalue weighted by molar-refractivity contribution is 5.93. The van der Waals surface area contributed by atoms with Gasteiger partial charge in [-0.15, -0.1) is 0 Å². The molecule has 0 aliphatic rings. The van der Waals surface area contributed by atoms with Crippen molar-refractivity contribution in [3.05, 3.63) is 24.1 Å². The molecule has 0 atom stereocenters. The minimum absolute atomic E-state index is 0.327. The van der Waals surface area contributed by atoms with Crippen LogP contribution < -0.4 is 5.32 Å². The highest BCUT2D eigenvalue weighted by Gasteiger charge is 2.04. The van der Waals surface area contributed by atoms with Gasteiger partial charge in [0.2, 0.25) is 5.91 Å². The normalized spacial score (nSPS) is 10.1. The van der Waals surface area contributed by atoms with Gasteiger partial charge in [-0.2, -0.15) is 8.78 Å². The lowest BCUT2D eigenvalue weighted by Crippen LogP contribution is -2.22. The Labute approximate surface area is 83.1 Å². The fraction of sp³-hybridized carbons (Fsp3) is 0.250. The quantitative estimate of drug-likeness (QED) is 0.688. The number of carboxylic acid groups (broad SMARTS) is 1. The summed E-state index contributed by atoms with van der Waals surface area (Å²) in [6.07, 6.45) is -1.77. The molecule has 0 radical (unpaired) electrons. The molecule has 0 saturated heterocycles. The summed E-state index contributed by atoms with van der Waals surface area (Å²) in [4.78, 5) is 20.7. The standard InChI is InChI=1S/C8H8F3NO3/c9-5(8(10)11)3-4-12-6(13)1-2-7(14)15/h1-2H,3-4H2,(H,12,13)(H,14,15). The topological polar surface area (TPSA) is 66.4 Å². The monoisotopic (exact) mass is 223 g/mol. The van der Waals surface area contributed by atoms with Gasteiger partial charge < -0.3 is 10.4 Å². The largest absolute Gasteiger partial charge is 0.478 e. The average Bonchev–Trinajstić information content (AvgIpc) is 2.14. The highest BCUT2D eigenvalue weighted by Crippen LogP contribution is 2.11. The maximum absolute atomic E-state index is 12.2. The first kappa shape index (κ1) is 13.2. The zero-order valence-corrected chi connectivity index (χ0v) is 7.47. The van der Waals surface area contributed by atoms with Crippen LogP contribution in [0.4, 0.5) is 13.2 Å². The van der Waals surface area contributed by atoms with E-state index in [2.05, 4.69) is 0 Å². The molecule has 0 rings (SSSR count). The summed E-state index contributed by atoms with van der Waals surface area (Å²) < 4.78 is 35.2. The number of rotatable bonds is 5. The number of carbonyl (C=O) groups is 2. The smallest absolute Gasteiger partial charge is 0.328 e. The van der Waals surface area contributed by atoms with Crippen molar-refractivity contribution in [2.45, 2.75) is 6.42 Å². The molecule has 1 amide bonds. The van der Waals surface area contributed by atoms with Crippen LogP contribution in [-0.4, -0.2) is 23.5 Å². The Balaban J connectivity index is 3.84. The molecule has 0 aromatic rings. The molecule has 7 heteroatoms. The second-order valence-corrected chi connectivity index (χ2v) is 2.38. The molecule has 0 heterocycles. The minimum Gasteiger partial charge on any atom is -0.478 e. The second-order valence-electron chi connectivity index (χ2n) is 2.38. The Morgan fingerprint density at radius 2 is 1.80 bits per heavy atom. The van der Waals surface area contributed by atoms with Gasteiger partial charge in [-0.1, -0.05) is 0 Å². The van der Waals surface area contributed by atoms with E-state index >= 15 is 0 Å². The van der Waals surface area contributed by atoms with Crippen molar-refractivity contribution < 1.29 is 27.9 Å². The molecular formula is C8H8F3NO3. The van der Waals surface area contributed by atoms with Gasteiger partial charge in [0, 0.05) is 25.1 Å². The van der Waals surface area contributed by atoms with Crippen molar-refractivity contribution in [1.82, 2.24) is 5.32 Å². The molecule has 0 aromatic heterocycles. The number of nitrogens with one attached hydrogen (secondary N) is 1. The molecule has 0 unspecified atom stereocenters. The summed E-state index contributed by atoms with van der Waals surface area (Å²) >= 11 is 0. The summed E-state index contributed by atoms with van der Waals surface area (Å²) in [7, 11) is 0. The van der Waals surface area contributed by atoms with Crippen LogP contribution in [-0.2, 0) is 9.59 Å². The Morgan fingerprint density at radius 3 is 2.27 bits per heavy atom. The molecule has 4 nitrogen and oxygen atoms in total. The third-order valence-electron chi connectivity index (χ3n) is 1.23. The second kappa shape index (κ2) is 6.63. The number of amides is 1. The van der Waals surface area contributed by atoms with E-state index in [0.717, 1.165) is 0 Å². The van der Waals surface area contributed by atoms with Crippen molar-refractivity contribution in [3.8, 4) is 0 Å². The molecule has 0 aromatic carbocycles. The maximum atomic E-state index is 12.2. The Morgan fingerprint density at radius 1 is 1.20 bits per heavy atom. The van der Waals surface area contributed by atoms with Gasteiger partial charge in [-0.25, -0.2) is 9.18 Å². The molecule has 0 fully saturated rings. The first-order valence-corrected chi connectivity index (χ1v) is 3.82. The van der Waals surface area contributed by atoms with Gasteiger partial charge in [-0.05, 0) is 0 Å². The minimum atomic E-state index is -2.43. The van der Waals surface area contributed by atoms with Crippen molar-refractivity contribution in [3.63, 3.8) is 0 Å². The molecule has 0 bridgehead atoms. The molecule has 2 N–H and O–H groups in total. The number of carbonyl (C=O) groups excluding carboxylic acids is 1. The first-order valence-electron chi connectivity index (χ1n) is 3.82. The summed E-state index contributed by atoms with van der Waals surface area (Å²) in [5.41, 5.74) is 0. The fourth-order valence-electron chi connectivity index (χ4n) is 0.596. The maximum Gasteiger partial charge on any atom is 0.328 e. The third-order valence-corrected chi connectivity index (χ3v) is 1.23. The number of hydrogen-bond donors (Lipinski definition) is 2. The Bertz CT molecular complexity index is 308. The van der Waals surface area contributed by atoms with Crippen molar-refractivity contribution in [2.75, 3.05) is 6.54 Å². The lowest BCUT2D eigenvalue weighted by atomic mass is 10.3. The predicted molar refractivity (Wildman–Crippen MR) is 44.8 cm³/mol. The van der Waals surface area contributed by atoms with E-state index < -0.39 is 30.2 Å². The van der Waals surface area contributed by atoms with Gasteiger partial charge in [0.15, 0.2) is 5.83 Å². The van der Waals surface area contributed by atoms with Crippen molar-refractivity contribution >= 4 is 11.9 Å². The molecular weight excluding hydrogens is 215 g/mol. The molecule has 0 saturated carbocycles. The van der Waals surface area contributed by atoms with Crippen LogP contribution in [0.3, 0.4) is 0 Å². The molecule has 0 spiro atoms. The predicted octanol–water partition coefficient (Wildman–Crippen LogP) is 1.21. The van der Waals surface area contributed by atoms with Gasteiger partial charge in [0.25, 0.3) is 0 Å². The van der Waals surface area contributed by atoms with Gasteiger partial charge >= 0.3 is 12.0 Å². The van der Waals surface area contributed by atoms with Crippen LogP contribution in [0.25, 0.3) is 0 Å². The van der Waals surface area contributed by atoms with E-state index in [-0.39, 0.29) is 6.54 Å². The zero-order chi connectivity index (χ0) is 11.8. The van der Waals surface area contributed by atoms with Crippen LogP contribution in [0.2, 0.25) is 0 Å². The van der Waals surface area contributed by atoms with E-state index in [1.54, 1.807) is 0 Å². The third kappa shape index (κ3) is 7.29. The number of halogens is 3. The van der Waals surface area contributed by atoms with E-state index in [9.17, 15) is 22.8 Å². The molecule has 0 aliphatic carbocycles. The summed E-state index contributed by atoms with van der Waals surface area (Å²) in [5.74, 6) is -3.70. The van der Waals surface area contributed by atoms with E-state index in [1.807, 2.05) is 5.32 Å². The molecule has 84 valence electrons. The lowest BCUT2D eigenvalue weighted by molar-refractivity contribution is -0.131. The number of hydrogen-bond acceptors (Lipinski definition) is 2. The zero-order valence-electron chi connectivity index (χ0n) is 7.47. The molecule has 15 heavy (non-hydrogen) atoms. The summed E-state index contributed by atoms with van der Waals surface area (Å²) in [6, 6.07) is 0. The Hall–Kier alpha value is -1.79. The van der Waals surface area contributed by atoms with Gasteiger partial charge in [-0.3, -0.25) is 4.79 Å². The molecule has 0 aliphatic heterocycles. The van der Waals surface area contributed by atoms with Crippen LogP contribution >= 0.6 is 0 Å². The summed E-state index contributed by atoms with van der Waals surface area (Å²) in [5, 5.41) is 10.1. The SMILES string of the molecule is O=C(O)C=CC(=O)NCCC(F)=C(F)F. The number of carboxylic acids is 1. The van der Waals surface area contributed by atoms with E-state index in [4.69, 9.17) is 5.11 Å². The van der Waals surface area contributed by atoms with Crippen molar-refractivity contribution in [2.24, 2.45) is 0 Å². The van der Waals surface area contributed by atoms with Crippen LogP contribution in [0.5, 0.6) is 0 Å². The average molecular weight is 223 g/mol. The van der Waals surface area contributed by atoms with Crippen LogP contribution in [0.15, 0.2) is 24.1 Å². The number of aliphatic carboxylic acids is 1. The van der Waals surface area contributed by atoms with Gasteiger partial charge in [0.05, 0.1) is 0 Å². The Kier molecular flexibility index (Phi) is 5.84. The fourth-order valence-corrected chi connectivity index (χ4v) is 0.596. The summed E-state index contributed by atoms with van der Waals surface area (Å²) in [6.45, 7) is -0.327. The van der Waals surface area contributed by atoms with E-state index in [1.165, 1.54) is 0 Å². The highest BCUT2D eigenvalue weighted by atomic mass is 19.3. The van der Waals surface area contributed by atoms with Crippen molar-refractivity contribution in [1.29, 1.82) is 0 Å².